The highest BCUT2D eigenvalue weighted by Crippen LogP contribution is 2.29. The highest BCUT2D eigenvalue weighted by molar-refractivity contribution is 7.99. The summed E-state index contributed by atoms with van der Waals surface area (Å²) in [4.78, 5) is 16.9. The number of aryl methyl sites for hydroxylation is 2. The number of anilines is 1. The van der Waals surface area contributed by atoms with Crippen LogP contribution < -0.4 is 10.1 Å². The summed E-state index contributed by atoms with van der Waals surface area (Å²) in [6.45, 7) is 6.64. The smallest absolute Gasteiger partial charge is 0.277 e. The van der Waals surface area contributed by atoms with Gasteiger partial charge in [-0.15, -0.1) is 21.5 Å². The number of benzene rings is 2. The minimum atomic E-state index is -0.183. The topological polar surface area (TPSA) is 90.1 Å². The Labute approximate surface area is 194 Å². The Morgan fingerprint density at radius 3 is 2.75 bits per heavy atom. The maximum absolute atomic E-state index is 12.4. The van der Waals surface area contributed by atoms with Crippen molar-refractivity contribution >= 4 is 34.1 Å². The van der Waals surface area contributed by atoms with Gasteiger partial charge in [0.2, 0.25) is 11.8 Å². The van der Waals surface area contributed by atoms with E-state index in [0.717, 1.165) is 28.1 Å². The summed E-state index contributed by atoms with van der Waals surface area (Å²) in [5, 5.41) is 13.8. The Morgan fingerprint density at radius 1 is 1.16 bits per heavy atom. The second kappa shape index (κ2) is 9.97. The van der Waals surface area contributed by atoms with Crippen LogP contribution in [0.4, 0.5) is 5.13 Å². The first-order valence-corrected chi connectivity index (χ1v) is 11.9. The van der Waals surface area contributed by atoms with Crippen LogP contribution >= 0.6 is 23.1 Å². The molecule has 0 saturated carbocycles. The molecule has 0 aliphatic heterocycles. The van der Waals surface area contributed by atoms with E-state index in [0.29, 0.717) is 22.9 Å². The number of thiazole rings is 1. The molecule has 0 aliphatic rings. The normalized spacial score (nSPS) is 10.8. The number of hydrogen-bond acceptors (Lipinski definition) is 8. The van der Waals surface area contributed by atoms with Crippen molar-refractivity contribution in [1.82, 2.24) is 15.2 Å². The standard InChI is InChI=1S/C23H22N4O3S2/c1-4-29-17-9-7-16(8-10-17)21-26-27-23(30-21)32-13-20(28)25-22-24-19(12-31-22)18-11-14(2)5-6-15(18)3/h5-12H,4,13H2,1-3H3,(H,24,25,28). The van der Waals surface area contributed by atoms with E-state index in [1.807, 2.05) is 43.5 Å². The van der Waals surface area contributed by atoms with Crippen molar-refractivity contribution in [3.63, 3.8) is 0 Å². The molecule has 7 nitrogen and oxygen atoms in total. The van der Waals surface area contributed by atoms with Crippen LogP contribution in [0.15, 0.2) is 57.5 Å². The lowest BCUT2D eigenvalue weighted by molar-refractivity contribution is -0.113. The predicted molar refractivity (Wildman–Crippen MR) is 127 cm³/mol. The molecule has 2 aromatic carbocycles. The fourth-order valence-corrected chi connectivity index (χ4v) is 4.28. The van der Waals surface area contributed by atoms with Gasteiger partial charge in [0.25, 0.3) is 5.22 Å². The number of ether oxygens (including phenoxy) is 1. The first-order valence-electron chi connectivity index (χ1n) is 10.0. The van der Waals surface area contributed by atoms with Crippen LogP contribution in [0.25, 0.3) is 22.7 Å². The van der Waals surface area contributed by atoms with Crippen molar-refractivity contribution in [2.45, 2.75) is 26.0 Å². The first kappa shape index (κ1) is 22.0. The Kier molecular flexibility index (Phi) is 6.87. The summed E-state index contributed by atoms with van der Waals surface area (Å²) in [5.74, 6) is 1.14. The predicted octanol–water partition coefficient (Wildman–Crippen LogP) is 5.61. The molecule has 1 N–H and O–H groups in total. The Balaban J connectivity index is 1.33. The number of thioether (sulfide) groups is 1. The molecule has 0 fully saturated rings. The maximum atomic E-state index is 12.4. The van der Waals surface area contributed by atoms with Gasteiger partial charge in [-0.1, -0.05) is 29.5 Å². The minimum absolute atomic E-state index is 0.142. The van der Waals surface area contributed by atoms with Gasteiger partial charge in [0.05, 0.1) is 18.1 Å². The fraction of sp³-hybridized carbons (Fsp3) is 0.217. The number of nitrogens with one attached hydrogen (secondary N) is 1. The minimum Gasteiger partial charge on any atom is -0.494 e. The molecule has 0 bridgehead atoms. The Morgan fingerprint density at radius 2 is 1.97 bits per heavy atom. The molecule has 2 aromatic heterocycles. The van der Waals surface area contributed by atoms with Crippen molar-refractivity contribution < 1.29 is 13.9 Å². The van der Waals surface area contributed by atoms with Gasteiger partial charge in [-0.05, 0) is 56.7 Å². The molecule has 1 amide bonds. The van der Waals surface area contributed by atoms with Crippen molar-refractivity contribution in [3.05, 3.63) is 59.0 Å². The molecule has 0 saturated heterocycles. The molecule has 4 aromatic rings. The molecule has 0 spiro atoms. The van der Waals surface area contributed by atoms with E-state index in [4.69, 9.17) is 9.15 Å². The average Bonchev–Trinajstić information content (AvgIpc) is 3.45. The van der Waals surface area contributed by atoms with E-state index < -0.39 is 0 Å². The lowest BCUT2D eigenvalue weighted by Crippen LogP contribution is -2.13. The molecule has 0 radical (unpaired) electrons. The summed E-state index contributed by atoms with van der Waals surface area (Å²) in [5.41, 5.74) is 5.04. The molecule has 32 heavy (non-hydrogen) atoms. The third kappa shape index (κ3) is 5.35. The quantitative estimate of drug-likeness (QED) is 0.338. The summed E-state index contributed by atoms with van der Waals surface area (Å²) in [6, 6.07) is 13.7. The second-order valence-electron chi connectivity index (χ2n) is 7.02. The van der Waals surface area contributed by atoms with Crippen molar-refractivity contribution in [2.24, 2.45) is 0 Å². The molecule has 0 aliphatic carbocycles. The first-order chi connectivity index (χ1) is 15.5. The molecule has 4 rings (SSSR count). The zero-order chi connectivity index (χ0) is 22.5. The average molecular weight is 467 g/mol. The van der Waals surface area contributed by atoms with Crippen LogP contribution in [-0.2, 0) is 4.79 Å². The van der Waals surface area contributed by atoms with Gasteiger partial charge in [0, 0.05) is 16.5 Å². The zero-order valence-electron chi connectivity index (χ0n) is 17.9. The summed E-state index contributed by atoms with van der Waals surface area (Å²) in [7, 11) is 0. The highest BCUT2D eigenvalue weighted by atomic mass is 32.2. The van der Waals surface area contributed by atoms with E-state index >= 15 is 0 Å². The van der Waals surface area contributed by atoms with Gasteiger partial charge in [0.15, 0.2) is 5.13 Å². The monoisotopic (exact) mass is 466 g/mol. The molecule has 0 atom stereocenters. The number of carbonyl (C=O) groups excluding carboxylic acids is 1. The summed E-state index contributed by atoms with van der Waals surface area (Å²) < 4.78 is 11.1. The second-order valence-corrected chi connectivity index (χ2v) is 8.81. The maximum Gasteiger partial charge on any atom is 0.277 e. The van der Waals surface area contributed by atoms with Gasteiger partial charge in [-0.25, -0.2) is 4.98 Å². The van der Waals surface area contributed by atoms with E-state index in [2.05, 4.69) is 45.6 Å². The number of amides is 1. The van der Waals surface area contributed by atoms with E-state index in [9.17, 15) is 4.79 Å². The summed E-state index contributed by atoms with van der Waals surface area (Å²) >= 11 is 2.58. The van der Waals surface area contributed by atoms with Crippen LogP contribution in [0, 0.1) is 13.8 Å². The molecule has 9 heteroatoms. The van der Waals surface area contributed by atoms with Gasteiger partial charge in [0.1, 0.15) is 5.75 Å². The van der Waals surface area contributed by atoms with Crippen molar-refractivity contribution in [2.75, 3.05) is 17.7 Å². The van der Waals surface area contributed by atoms with Crippen LogP contribution in [0.1, 0.15) is 18.1 Å². The number of carbonyl (C=O) groups is 1. The summed E-state index contributed by atoms with van der Waals surface area (Å²) in [6.07, 6.45) is 0. The van der Waals surface area contributed by atoms with E-state index in [1.54, 1.807) is 0 Å². The Bertz CT molecular complexity index is 1220. The molecular weight excluding hydrogens is 444 g/mol. The van der Waals surface area contributed by atoms with Gasteiger partial charge in [-0.3, -0.25) is 4.79 Å². The van der Waals surface area contributed by atoms with Crippen LogP contribution in [0.2, 0.25) is 0 Å². The van der Waals surface area contributed by atoms with Crippen molar-refractivity contribution in [1.29, 1.82) is 0 Å². The van der Waals surface area contributed by atoms with Crippen LogP contribution in [-0.4, -0.2) is 33.4 Å². The number of rotatable bonds is 8. The van der Waals surface area contributed by atoms with Gasteiger partial charge >= 0.3 is 0 Å². The van der Waals surface area contributed by atoms with Crippen LogP contribution in [0.5, 0.6) is 5.75 Å². The molecule has 0 unspecified atom stereocenters. The molecular formula is C23H22N4O3S2. The van der Waals surface area contributed by atoms with Crippen LogP contribution in [0.3, 0.4) is 0 Å². The third-order valence-corrected chi connectivity index (χ3v) is 6.14. The lowest BCUT2D eigenvalue weighted by atomic mass is 10.0. The van der Waals surface area contributed by atoms with E-state index in [1.165, 1.54) is 28.7 Å². The Hall–Kier alpha value is -3.17. The number of nitrogens with zero attached hydrogens (tertiary/aromatic N) is 3. The lowest BCUT2D eigenvalue weighted by Gasteiger charge is -2.04. The molecule has 164 valence electrons. The number of aromatic nitrogens is 3. The van der Waals surface area contributed by atoms with Gasteiger partial charge < -0.3 is 14.5 Å². The SMILES string of the molecule is CCOc1ccc(-c2nnc(SCC(=O)Nc3nc(-c4cc(C)ccc4C)cs3)o2)cc1. The third-order valence-electron chi connectivity index (χ3n) is 4.57. The van der Waals surface area contributed by atoms with Crippen molar-refractivity contribution in [3.8, 4) is 28.5 Å². The largest absolute Gasteiger partial charge is 0.494 e. The van der Waals surface area contributed by atoms with Gasteiger partial charge in [-0.2, -0.15) is 0 Å². The molecule has 2 heterocycles. The fourth-order valence-electron chi connectivity index (χ4n) is 2.99. The van der Waals surface area contributed by atoms with E-state index in [-0.39, 0.29) is 11.7 Å². The highest BCUT2D eigenvalue weighted by Gasteiger charge is 2.14. The number of hydrogen-bond donors (Lipinski definition) is 1. The zero-order valence-corrected chi connectivity index (χ0v) is 19.5.